The molecular formula is C22H32BrN3O4. The van der Waals surface area contributed by atoms with Crippen molar-refractivity contribution in [1.82, 2.24) is 15.5 Å². The molecule has 2 rings (SSSR count). The number of amides is 3. The van der Waals surface area contributed by atoms with Crippen LogP contribution in [0.4, 0.5) is 4.79 Å². The zero-order valence-electron chi connectivity index (χ0n) is 18.0. The Hall–Kier alpha value is -2.09. The molecule has 3 amide bonds. The standard InChI is InChI=1S/C22H32BrN3O4/c1-22(2,3)30-21(29)24-13-10-19(27)25-17-11-14-26(15-12-17)20(28)9-8-16-6-4-5-7-18(16)23/h4-7,17H,8-15H2,1-3H3,(H,24,29)(H,25,27). The van der Waals surface area contributed by atoms with Crippen LogP contribution < -0.4 is 10.6 Å². The third-order valence-electron chi connectivity index (χ3n) is 4.80. The summed E-state index contributed by atoms with van der Waals surface area (Å²) in [5, 5.41) is 5.57. The molecule has 1 aliphatic rings. The smallest absolute Gasteiger partial charge is 0.407 e. The average molecular weight is 482 g/mol. The molecule has 0 spiro atoms. The van der Waals surface area contributed by atoms with Gasteiger partial charge >= 0.3 is 6.09 Å². The Bertz CT molecular complexity index is 740. The van der Waals surface area contributed by atoms with Gasteiger partial charge in [-0.2, -0.15) is 0 Å². The number of halogens is 1. The van der Waals surface area contributed by atoms with Gasteiger partial charge in [-0.15, -0.1) is 0 Å². The number of nitrogens with zero attached hydrogens (tertiary/aromatic N) is 1. The van der Waals surface area contributed by atoms with Crippen molar-refractivity contribution >= 4 is 33.8 Å². The Morgan fingerprint density at radius 1 is 1.13 bits per heavy atom. The number of alkyl carbamates (subject to hydrolysis) is 1. The maximum absolute atomic E-state index is 12.5. The summed E-state index contributed by atoms with van der Waals surface area (Å²) in [6.07, 6.45) is 2.35. The summed E-state index contributed by atoms with van der Waals surface area (Å²) in [5.74, 6) is 0.0434. The second-order valence-electron chi connectivity index (χ2n) is 8.49. The molecule has 7 nitrogen and oxygen atoms in total. The average Bonchev–Trinajstić information content (AvgIpc) is 2.66. The highest BCUT2D eigenvalue weighted by Crippen LogP contribution is 2.19. The van der Waals surface area contributed by atoms with Gasteiger partial charge in [0.1, 0.15) is 5.60 Å². The third-order valence-corrected chi connectivity index (χ3v) is 5.57. The summed E-state index contributed by atoms with van der Waals surface area (Å²) < 4.78 is 6.16. The zero-order valence-corrected chi connectivity index (χ0v) is 19.6. The van der Waals surface area contributed by atoms with Crippen molar-refractivity contribution in [3.8, 4) is 0 Å². The Morgan fingerprint density at radius 3 is 2.43 bits per heavy atom. The molecular weight excluding hydrogens is 450 g/mol. The van der Waals surface area contributed by atoms with Crippen LogP contribution in [0.3, 0.4) is 0 Å². The largest absolute Gasteiger partial charge is 0.444 e. The van der Waals surface area contributed by atoms with Gasteiger partial charge in [0.15, 0.2) is 0 Å². The molecule has 0 bridgehead atoms. The van der Waals surface area contributed by atoms with E-state index in [1.807, 2.05) is 29.2 Å². The summed E-state index contributed by atoms with van der Waals surface area (Å²) in [4.78, 5) is 38.0. The number of aryl methyl sites for hydroxylation is 1. The quantitative estimate of drug-likeness (QED) is 0.624. The van der Waals surface area contributed by atoms with Crippen molar-refractivity contribution in [2.75, 3.05) is 19.6 Å². The van der Waals surface area contributed by atoms with Gasteiger partial charge in [-0.05, 0) is 51.7 Å². The second kappa shape index (κ2) is 11.3. The minimum Gasteiger partial charge on any atom is -0.444 e. The van der Waals surface area contributed by atoms with Gasteiger partial charge in [0.25, 0.3) is 0 Å². The lowest BCUT2D eigenvalue weighted by molar-refractivity contribution is -0.132. The number of carbonyl (C=O) groups excluding carboxylic acids is 3. The Labute approximate surface area is 187 Å². The first kappa shape index (κ1) is 24.2. The molecule has 0 radical (unpaired) electrons. The molecule has 0 aromatic heterocycles. The highest BCUT2D eigenvalue weighted by molar-refractivity contribution is 9.10. The fourth-order valence-electron chi connectivity index (χ4n) is 3.27. The van der Waals surface area contributed by atoms with Gasteiger partial charge in [-0.25, -0.2) is 4.79 Å². The molecule has 2 N–H and O–H groups in total. The first-order valence-corrected chi connectivity index (χ1v) is 11.2. The van der Waals surface area contributed by atoms with E-state index in [0.717, 1.165) is 22.9 Å². The van der Waals surface area contributed by atoms with Gasteiger partial charge in [0.2, 0.25) is 11.8 Å². The van der Waals surface area contributed by atoms with Crippen molar-refractivity contribution in [2.45, 2.75) is 64.5 Å². The van der Waals surface area contributed by atoms with Crippen molar-refractivity contribution in [2.24, 2.45) is 0 Å². The fourth-order valence-corrected chi connectivity index (χ4v) is 3.75. The molecule has 1 aromatic carbocycles. The van der Waals surface area contributed by atoms with Gasteiger partial charge in [-0.3, -0.25) is 9.59 Å². The summed E-state index contributed by atoms with van der Waals surface area (Å²) in [7, 11) is 0. The Kier molecular flexibility index (Phi) is 9.14. The minimum atomic E-state index is -0.560. The lowest BCUT2D eigenvalue weighted by Crippen LogP contribution is -2.47. The van der Waals surface area contributed by atoms with E-state index < -0.39 is 11.7 Å². The number of benzene rings is 1. The number of rotatable bonds is 7. The summed E-state index contributed by atoms with van der Waals surface area (Å²) in [6, 6.07) is 8.00. The van der Waals surface area contributed by atoms with E-state index in [1.54, 1.807) is 20.8 Å². The van der Waals surface area contributed by atoms with Crippen LogP contribution in [0.1, 0.15) is 52.0 Å². The molecule has 1 aromatic rings. The van der Waals surface area contributed by atoms with Crippen LogP contribution in [-0.2, 0) is 20.7 Å². The lowest BCUT2D eigenvalue weighted by atomic mass is 10.0. The Balaban J connectivity index is 1.63. The second-order valence-corrected chi connectivity index (χ2v) is 9.35. The number of ether oxygens (including phenoxy) is 1. The van der Waals surface area contributed by atoms with Crippen LogP contribution >= 0.6 is 15.9 Å². The molecule has 166 valence electrons. The fraction of sp³-hybridized carbons (Fsp3) is 0.591. The van der Waals surface area contributed by atoms with Crippen LogP contribution in [-0.4, -0.2) is 54.1 Å². The molecule has 0 atom stereocenters. The number of carbonyl (C=O) groups is 3. The summed E-state index contributed by atoms with van der Waals surface area (Å²) >= 11 is 3.52. The minimum absolute atomic E-state index is 0.0614. The predicted molar refractivity (Wildman–Crippen MR) is 119 cm³/mol. The van der Waals surface area contributed by atoms with E-state index in [2.05, 4.69) is 26.6 Å². The first-order valence-electron chi connectivity index (χ1n) is 10.4. The van der Waals surface area contributed by atoms with E-state index in [-0.39, 0.29) is 30.8 Å². The molecule has 1 fully saturated rings. The van der Waals surface area contributed by atoms with Crippen LogP contribution in [0.25, 0.3) is 0 Å². The van der Waals surface area contributed by atoms with Crippen molar-refractivity contribution in [1.29, 1.82) is 0 Å². The summed E-state index contributed by atoms with van der Waals surface area (Å²) in [6.45, 7) is 6.89. The number of nitrogens with one attached hydrogen (secondary N) is 2. The molecule has 8 heteroatoms. The van der Waals surface area contributed by atoms with Crippen LogP contribution in [0.5, 0.6) is 0 Å². The molecule has 1 heterocycles. The highest BCUT2D eigenvalue weighted by Gasteiger charge is 2.24. The lowest BCUT2D eigenvalue weighted by Gasteiger charge is -2.32. The van der Waals surface area contributed by atoms with Crippen LogP contribution in [0.2, 0.25) is 0 Å². The maximum atomic E-state index is 12.5. The highest BCUT2D eigenvalue weighted by atomic mass is 79.9. The SMILES string of the molecule is CC(C)(C)OC(=O)NCCC(=O)NC1CCN(C(=O)CCc2ccccc2Br)CC1. The Morgan fingerprint density at radius 2 is 1.80 bits per heavy atom. The van der Waals surface area contributed by atoms with Crippen molar-refractivity contribution in [3.05, 3.63) is 34.3 Å². The van der Waals surface area contributed by atoms with Crippen LogP contribution in [0, 0.1) is 0 Å². The van der Waals surface area contributed by atoms with E-state index in [4.69, 9.17) is 4.74 Å². The molecule has 0 saturated carbocycles. The van der Waals surface area contributed by atoms with E-state index >= 15 is 0 Å². The molecule has 1 aliphatic heterocycles. The normalized spacial score (nSPS) is 14.9. The molecule has 30 heavy (non-hydrogen) atoms. The zero-order chi connectivity index (χ0) is 22.1. The van der Waals surface area contributed by atoms with Gasteiger partial charge < -0.3 is 20.3 Å². The van der Waals surface area contributed by atoms with Crippen molar-refractivity contribution < 1.29 is 19.1 Å². The van der Waals surface area contributed by atoms with Gasteiger partial charge in [-0.1, -0.05) is 34.1 Å². The third kappa shape index (κ3) is 8.73. The molecule has 0 unspecified atom stereocenters. The first-order chi connectivity index (χ1) is 14.1. The van der Waals surface area contributed by atoms with Crippen molar-refractivity contribution in [3.63, 3.8) is 0 Å². The molecule has 1 saturated heterocycles. The number of hydrogen-bond donors (Lipinski definition) is 2. The monoisotopic (exact) mass is 481 g/mol. The maximum Gasteiger partial charge on any atom is 0.407 e. The van der Waals surface area contributed by atoms with Gasteiger partial charge in [0, 0.05) is 43.0 Å². The van der Waals surface area contributed by atoms with E-state index in [9.17, 15) is 14.4 Å². The topological polar surface area (TPSA) is 87.7 Å². The number of piperidine rings is 1. The van der Waals surface area contributed by atoms with E-state index in [1.165, 1.54) is 0 Å². The summed E-state index contributed by atoms with van der Waals surface area (Å²) in [5.41, 5.74) is 0.572. The van der Waals surface area contributed by atoms with Crippen LogP contribution in [0.15, 0.2) is 28.7 Å². The predicted octanol–water partition coefficient (Wildman–Crippen LogP) is 3.40. The number of likely N-dealkylation sites (tertiary alicyclic amines) is 1. The molecule has 0 aliphatic carbocycles. The van der Waals surface area contributed by atoms with Gasteiger partial charge in [0.05, 0.1) is 0 Å². The van der Waals surface area contributed by atoms with E-state index in [0.29, 0.717) is 25.9 Å². The number of hydrogen-bond acceptors (Lipinski definition) is 4.